The van der Waals surface area contributed by atoms with Crippen molar-refractivity contribution in [1.29, 1.82) is 0 Å². The van der Waals surface area contributed by atoms with E-state index in [2.05, 4.69) is 4.98 Å². The molecular weight excluding hydrogens is 426 g/mol. The summed E-state index contributed by atoms with van der Waals surface area (Å²) in [6.45, 7) is 3.25. The number of carbonyl (C=O) groups is 2. The third-order valence-corrected chi connectivity index (χ3v) is 6.74. The largest absolute Gasteiger partial charge is 0.486 e. The molecule has 2 aromatic heterocycles. The lowest BCUT2D eigenvalue weighted by molar-refractivity contribution is -0.132. The van der Waals surface area contributed by atoms with Crippen molar-refractivity contribution < 1.29 is 19.1 Å². The molecule has 164 valence electrons. The van der Waals surface area contributed by atoms with E-state index < -0.39 is 0 Å². The van der Waals surface area contributed by atoms with Gasteiger partial charge in [0.15, 0.2) is 11.5 Å². The monoisotopic (exact) mass is 449 g/mol. The number of nitrogens with zero attached hydrogens (tertiary/aromatic N) is 3. The number of rotatable bonds is 4. The normalized spacial score (nSPS) is 15.5. The molecule has 0 unspecified atom stereocenters. The van der Waals surface area contributed by atoms with Gasteiger partial charge in [0.25, 0.3) is 5.91 Å². The molecule has 1 aromatic carbocycles. The van der Waals surface area contributed by atoms with E-state index in [4.69, 9.17) is 9.47 Å². The van der Waals surface area contributed by atoms with Crippen LogP contribution >= 0.6 is 11.3 Å². The van der Waals surface area contributed by atoms with Crippen molar-refractivity contribution in [2.75, 3.05) is 39.4 Å². The molecule has 32 heavy (non-hydrogen) atoms. The minimum Gasteiger partial charge on any atom is -0.486 e. The predicted molar refractivity (Wildman–Crippen MR) is 121 cm³/mol. The summed E-state index contributed by atoms with van der Waals surface area (Å²) in [4.78, 5) is 35.1. The second-order valence-electron chi connectivity index (χ2n) is 7.69. The van der Waals surface area contributed by atoms with Crippen molar-refractivity contribution in [3.8, 4) is 21.9 Å². The van der Waals surface area contributed by atoms with Crippen molar-refractivity contribution >= 4 is 23.2 Å². The maximum atomic E-state index is 13.0. The molecule has 0 saturated carbocycles. The molecule has 1 fully saturated rings. The first-order valence-corrected chi connectivity index (χ1v) is 11.5. The first-order valence-electron chi connectivity index (χ1n) is 10.6. The first-order chi connectivity index (χ1) is 15.7. The molecule has 2 amide bonds. The third kappa shape index (κ3) is 4.31. The molecule has 0 spiro atoms. The second-order valence-corrected chi connectivity index (χ2v) is 8.78. The molecule has 3 aromatic rings. The summed E-state index contributed by atoms with van der Waals surface area (Å²) in [6.07, 6.45) is 1.98. The number of aromatic nitrogens is 1. The van der Waals surface area contributed by atoms with Crippen molar-refractivity contribution in [2.24, 2.45) is 0 Å². The summed E-state index contributed by atoms with van der Waals surface area (Å²) in [5.74, 6) is 1.55. The van der Waals surface area contributed by atoms with Crippen molar-refractivity contribution in [1.82, 2.24) is 14.8 Å². The van der Waals surface area contributed by atoms with E-state index >= 15 is 0 Å². The molecule has 2 aliphatic heterocycles. The number of ether oxygens (including phenoxy) is 2. The summed E-state index contributed by atoms with van der Waals surface area (Å²) in [5, 5.41) is 0. The van der Waals surface area contributed by atoms with Gasteiger partial charge in [0.05, 0.1) is 11.3 Å². The molecule has 8 heteroatoms. The van der Waals surface area contributed by atoms with Crippen LogP contribution in [0.15, 0.2) is 54.7 Å². The number of fused-ring (bicyclic) bond motifs is 1. The SMILES string of the molecule is O=C(Cc1ccccn1)N1CCN(C(=O)c2ccc(-c3ccc4c(c3)OCCO4)s2)CC1. The number of hydrogen-bond donors (Lipinski definition) is 0. The number of pyridine rings is 1. The lowest BCUT2D eigenvalue weighted by Crippen LogP contribution is -2.50. The maximum Gasteiger partial charge on any atom is 0.264 e. The van der Waals surface area contributed by atoms with Gasteiger partial charge < -0.3 is 19.3 Å². The highest BCUT2D eigenvalue weighted by Crippen LogP contribution is 2.37. The molecule has 4 heterocycles. The number of benzene rings is 1. The van der Waals surface area contributed by atoms with Crippen LogP contribution in [0.1, 0.15) is 15.4 Å². The Bertz CT molecular complexity index is 1120. The number of thiophene rings is 1. The average molecular weight is 450 g/mol. The first kappa shape index (κ1) is 20.5. The molecule has 1 saturated heterocycles. The fourth-order valence-electron chi connectivity index (χ4n) is 3.89. The smallest absolute Gasteiger partial charge is 0.264 e. The zero-order chi connectivity index (χ0) is 21.9. The summed E-state index contributed by atoms with van der Waals surface area (Å²) < 4.78 is 11.3. The van der Waals surface area contributed by atoms with Gasteiger partial charge in [0.2, 0.25) is 5.91 Å². The highest BCUT2D eigenvalue weighted by Gasteiger charge is 2.26. The molecule has 0 bridgehead atoms. The average Bonchev–Trinajstić information content (AvgIpc) is 3.34. The van der Waals surface area contributed by atoms with Crippen LogP contribution in [-0.4, -0.2) is 66.0 Å². The summed E-state index contributed by atoms with van der Waals surface area (Å²) >= 11 is 1.47. The van der Waals surface area contributed by atoms with Crippen molar-refractivity contribution in [3.63, 3.8) is 0 Å². The van der Waals surface area contributed by atoms with E-state index in [1.165, 1.54) is 11.3 Å². The van der Waals surface area contributed by atoms with Crippen LogP contribution in [0.5, 0.6) is 11.5 Å². The molecule has 0 aliphatic carbocycles. The topological polar surface area (TPSA) is 72.0 Å². The Kier molecular flexibility index (Phi) is 5.77. The van der Waals surface area contributed by atoms with Crippen LogP contribution in [0.2, 0.25) is 0 Å². The zero-order valence-corrected chi connectivity index (χ0v) is 18.3. The minimum atomic E-state index is 0.00983. The van der Waals surface area contributed by atoms with Crippen molar-refractivity contribution in [3.05, 3.63) is 65.3 Å². The highest BCUT2D eigenvalue weighted by atomic mass is 32.1. The van der Waals surface area contributed by atoms with Crippen LogP contribution < -0.4 is 9.47 Å². The summed E-state index contributed by atoms with van der Waals surface area (Å²) in [6, 6.07) is 15.3. The highest BCUT2D eigenvalue weighted by molar-refractivity contribution is 7.17. The zero-order valence-electron chi connectivity index (χ0n) is 17.5. The van der Waals surface area contributed by atoms with Gasteiger partial charge in [-0.3, -0.25) is 14.6 Å². The van der Waals surface area contributed by atoms with Gasteiger partial charge in [-0.25, -0.2) is 0 Å². The van der Waals surface area contributed by atoms with E-state index in [1.807, 2.05) is 58.3 Å². The molecule has 0 radical (unpaired) electrons. The molecular formula is C24H23N3O4S. The van der Waals surface area contributed by atoms with Crippen LogP contribution in [-0.2, 0) is 11.2 Å². The maximum absolute atomic E-state index is 13.0. The van der Waals surface area contributed by atoms with Gasteiger partial charge in [-0.15, -0.1) is 11.3 Å². The summed E-state index contributed by atoms with van der Waals surface area (Å²) in [5.41, 5.74) is 1.77. The van der Waals surface area contributed by atoms with Crippen LogP contribution in [0.3, 0.4) is 0 Å². The molecule has 2 aliphatic rings. The third-order valence-electron chi connectivity index (χ3n) is 5.62. The minimum absolute atomic E-state index is 0.00983. The van der Waals surface area contributed by atoms with Gasteiger partial charge in [0.1, 0.15) is 13.2 Å². The fourth-order valence-corrected chi connectivity index (χ4v) is 4.86. The van der Waals surface area contributed by atoms with Crippen molar-refractivity contribution in [2.45, 2.75) is 6.42 Å². The molecule has 7 nitrogen and oxygen atoms in total. The van der Waals surface area contributed by atoms with E-state index in [1.54, 1.807) is 6.20 Å². The van der Waals surface area contributed by atoms with Crippen LogP contribution in [0, 0.1) is 0 Å². The number of carbonyl (C=O) groups excluding carboxylic acids is 2. The number of amides is 2. The van der Waals surface area contributed by atoms with E-state index in [9.17, 15) is 9.59 Å². The van der Waals surface area contributed by atoms with Gasteiger partial charge in [-0.1, -0.05) is 6.07 Å². The number of piperazine rings is 1. The second kappa shape index (κ2) is 9.00. The molecule has 0 N–H and O–H groups in total. The molecule has 0 atom stereocenters. The van der Waals surface area contributed by atoms with Gasteiger partial charge >= 0.3 is 0 Å². The Morgan fingerprint density at radius 3 is 2.47 bits per heavy atom. The van der Waals surface area contributed by atoms with Crippen LogP contribution in [0.4, 0.5) is 0 Å². The van der Waals surface area contributed by atoms with E-state index in [-0.39, 0.29) is 11.8 Å². The van der Waals surface area contributed by atoms with Crippen LogP contribution in [0.25, 0.3) is 10.4 Å². The Labute approximate surface area is 190 Å². The Balaban J connectivity index is 1.20. The van der Waals surface area contributed by atoms with E-state index in [0.717, 1.165) is 27.6 Å². The fraction of sp³-hybridized carbons (Fsp3) is 0.292. The Hall–Kier alpha value is -3.39. The quantitative estimate of drug-likeness (QED) is 0.612. The van der Waals surface area contributed by atoms with Gasteiger partial charge in [-0.05, 0) is 48.0 Å². The summed E-state index contributed by atoms with van der Waals surface area (Å²) in [7, 11) is 0. The lowest BCUT2D eigenvalue weighted by Gasteiger charge is -2.34. The number of hydrogen-bond acceptors (Lipinski definition) is 6. The lowest BCUT2D eigenvalue weighted by atomic mass is 10.1. The molecule has 5 rings (SSSR count). The van der Waals surface area contributed by atoms with E-state index in [0.29, 0.717) is 50.7 Å². The van der Waals surface area contributed by atoms with Gasteiger partial charge in [0, 0.05) is 42.9 Å². The predicted octanol–water partition coefficient (Wildman–Crippen LogP) is 3.11. The Morgan fingerprint density at radius 1 is 0.906 bits per heavy atom. The van der Waals surface area contributed by atoms with Gasteiger partial charge in [-0.2, -0.15) is 0 Å². The Morgan fingerprint density at radius 2 is 1.69 bits per heavy atom. The standard InChI is InChI=1S/C24H23N3O4S/c28-23(16-18-3-1-2-8-25-18)26-9-11-27(12-10-26)24(29)22-7-6-21(32-22)17-4-5-19-20(15-17)31-14-13-30-19/h1-8,15H,9-14,16H2.